The quantitative estimate of drug-likeness (QED) is 0.886. The van der Waals surface area contributed by atoms with Crippen LogP contribution >= 0.6 is 11.6 Å². The molecule has 1 aliphatic rings. The highest BCUT2D eigenvalue weighted by atomic mass is 35.5. The molecule has 1 amide bonds. The van der Waals surface area contributed by atoms with E-state index in [2.05, 4.69) is 11.4 Å². The Morgan fingerprint density at radius 2 is 2.30 bits per heavy atom. The number of likely N-dealkylation sites (N-methyl/N-ethyl adjacent to an activating group) is 1. The number of amides is 1. The molecular weight excluding hydrogens is 276 g/mol. The van der Waals surface area contributed by atoms with Crippen molar-refractivity contribution in [3.8, 4) is 6.07 Å². The molecule has 1 N–H and O–H groups in total. The third kappa shape index (κ3) is 2.87. The first-order valence-corrected chi connectivity index (χ1v) is 6.80. The fourth-order valence-corrected chi connectivity index (χ4v) is 2.51. The van der Waals surface area contributed by atoms with Gasteiger partial charge in [0.1, 0.15) is 12.1 Å². The minimum Gasteiger partial charge on any atom is -0.356 e. The molecule has 0 bridgehead atoms. The second-order valence-corrected chi connectivity index (χ2v) is 5.36. The van der Waals surface area contributed by atoms with E-state index in [1.807, 2.05) is 4.90 Å². The van der Waals surface area contributed by atoms with Gasteiger partial charge in [-0.25, -0.2) is 0 Å². The summed E-state index contributed by atoms with van der Waals surface area (Å²) in [6, 6.07) is 6.98. The first-order chi connectivity index (χ1) is 9.54. The number of benzene rings is 1. The Kier molecular flexibility index (Phi) is 4.48. The number of halogens is 1. The molecule has 5 nitrogen and oxygen atoms in total. The molecule has 0 saturated carbocycles. The first-order valence-electron chi connectivity index (χ1n) is 6.42. The predicted molar refractivity (Wildman–Crippen MR) is 78.9 cm³/mol. The minimum absolute atomic E-state index is 0.0149. The van der Waals surface area contributed by atoms with Crippen molar-refractivity contribution in [3.05, 3.63) is 28.8 Å². The van der Waals surface area contributed by atoms with E-state index in [4.69, 9.17) is 11.6 Å². The lowest BCUT2D eigenvalue weighted by molar-refractivity contribution is -0.130. The van der Waals surface area contributed by atoms with Crippen molar-refractivity contribution in [3.63, 3.8) is 0 Å². The van der Waals surface area contributed by atoms with Crippen LogP contribution in [0.4, 0.5) is 5.69 Å². The summed E-state index contributed by atoms with van der Waals surface area (Å²) in [5.41, 5.74) is 1.26. The second kappa shape index (κ2) is 6.12. The van der Waals surface area contributed by atoms with Crippen LogP contribution in [0.5, 0.6) is 0 Å². The lowest BCUT2D eigenvalue weighted by atomic mass is 10.1. The Labute approximate surface area is 123 Å². The molecule has 6 heteroatoms. The highest BCUT2D eigenvalue weighted by molar-refractivity contribution is 6.30. The summed E-state index contributed by atoms with van der Waals surface area (Å²) >= 11 is 6.04. The van der Waals surface area contributed by atoms with Crippen molar-refractivity contribution in [2.75, 3.05) is 38.6 Å². The molecule has 0 aromatic heterocycles. The van der Waals surface area contributed by atoms with Crippen LogP contribution in [0.1, 0.15) is 5.56 Å². The fourth-order valence-electron chi connectivity index (χ4n) is 2.35. The fraction of sp³-hybridized carbons (Fsp3) is 0.429. The van der Waals surface area contributed by atoms with Crippen LogP contribution in [-0.4, -0.2) is 50.6 Å². The smallest absolute Gasteiger partial charge is 0.246 e. The van der Waals surface area contributed by atoms with Gasteiger partial charge >= 0.3 is 0 Å². The van der Waals surface area contributed by atoms with Gasteiger partial charge in [0.15, 0.2) is 0 Å². The summed E-state index contributed by atoms with van der Waals surface area (Å²) in [6.07, 6.45) is 0. The standard InChI is InChI=1S/C14H17ClN4O/c1-18(2)14(20)13-9-17-5-6-19(13)12-7-11(15)4-3-10(12)8-16/h3-4,7,13,17H,5-6,9H2,1-2H3. The third-order valence-corrected chi connectivity index (χ3v) is 3.59. The van der Waals surface area contributed by atoms with Gasteiger partial charge in [-0.2, -0.15) is 5.26 Å². The normalized spacial score (nSPS) is 18.5. The van der Waals surface area contributed by atoms with Crippen LogP contribution in [0.3, 0.4) is 0 Å². The molecule has 1 aromatic rings. The number of hydrogen-bond acceptors (Lipinski definition) is 4. The summed E-state index contributed by atoms with van der Waals surface area (Å²) < 4.78 is 0. The average molecular weight is 293 g/mol. The van der Waals surface area contributed by atoms with Crippen molar-refractivity contribution in [1.29, 1.82) is 5.26 Å². The largest absolute Gasteiger partial charge is 0.356 e. The Hall–Kier alpha value is -1.77. The zero-order chi connectivity index (χ0) is 14.7. The van der Waals surface area contributed by atoms with E-state index in [0.717, 1.165) is 12.2 Å². The maximum Gasteiger partial charge on any atom is 0.246 e. The molecule has 1 unspecified atom stereocenters. The molecule has 1 aromatic carbocycles. The van der Waals surface area contributed by atoms with Gasteiger partial charge < -0.3 is 15.1 Å². The Morgan fingerprint density at radius 3 is 2.95 bits per heavy atom. The second-order valence-electron chi connectivity index (χ2n) is 4.92. The van der Waals surface area contributed by atoms with Gasteiger partial charge in [0.05, 0.1) is 11.3 Å². The van der Waals surface area contributed by atoms with Crippen molar-refractivity contribution < 1.29 is 4.79 Å². The van der Waals surface area contributed by atoms with Gasteiger partial charge in [0, 0.05) is 38.8 Å². The molecule has 0 spiro atoms. The van der Waals surface area contributed by atoms with E-state index in [-0.39, 0.29) is 11.9 Å². The third-order valence-electron chi connectivity index (χ3n) is 3.36. The molecule has 1 saturated heterocycles. The van der Waals surface area contributed by atoms with Crippen molar-refractivity contribution in [1.82, 2.24) is 10.2 Å². The summed E-state index contributed by atoms with van der Waals surface area (Å²) in [5, 5.41) is 13.0. The first kappa shape index (κ1) is 14.6. The van der Waals surface area contributed by atoms with Gasteiger partial charge in [-0.3, -0.25) is 4.79 Å². The summed E-state index contributed by atoms with van der Waals surface area (Å²) in [7, 11) is 3.47. The molecular formula is C14H17ClN4O. The Bertz CT molecular complexity index is 553. The van der Waals surface area contributed by atoms with E-state index in [1.165, 1.54) is 0 Å². The SMILES string of the molecule is CN(C)C(=O)C1CNCCN1c1cc(Cl)ccc1C#N. The van der Waals surface area contributed by atoms with Crippen molar-refractivity contribution >= 4 is 23.2 Å². The number of nitrogens with zero attached hydrogens (tertiary/aromatic N) is 3. The molecule has 1 fully saturated rings. The van der Waals surface area contributed by atoms with Crippen molar-refractivity contribution in [2.45, 2.75) is 6.04 Å². The summed E-state index contributed by atoms with van der Waals surface area (Å²) in [4.78, 5) is 15.8. The predicted octanol–water partition coefficient (Wildman–Crippen LogP) is 1.08. The molecule has 1 atom stereocenters. The van der Waals surface area contributed by atoms with Gasteiger partial charge in [-0.15, -0.1) is 0 Å². The van der Waals surface area contributed by atoms with Gasteiger partial charge in [-0.05, 0) is 18.2 Å². The van der Waals surface area contributed by atoms with E-state index >= 15 is 0 Å². The number of anilines is 1. The minimum atomic E-state index is -0.315. The van der Waals surface area contributed by atoms with Crippen LogP contribution in [0.25, 0.3) is 0 Å². The number of nitrogens with one attached hydrogen (secondary N) is 1. The molecule has 1 heterocycles. The molecule has 0 aliphatic carbocycles. The van der Waals surface area contributed by atoms with Crippen LogP contribution < -0.4 is 10.2 Å². The molecule has 20 heavy (non-hydrogen) atoms. The molecule has 106 valence electrons. The molecule has 1 aliphatic heterocycles. The number of piperazine rings is 1. The number of nitriles is 1. The van der Waals surface area contributed by atoms with Gasteiger partial charge in [-0.1, -0.05) is 11.6 Å². The van der Waals surface area contributed by atoms with E-state index in [9.17, 15) is 10.1 Å². The highest BCUT2D eigenvalue weighted by Gasteiger charge is 2.31. The summed E-state index contributed by atoms with van der Waals surface area (Å²) in [5.74, 6) is 0.0149. The van der Waals surface area contributed by atoms with E-state index in [0.29, 0.717) is 23.7 Å². The monoisotopic (exact) mass is 292 g/mol. The number of carbonyl (C=O) groups is 1. The van der Waals surface area contributed by atoms with Crippen LogP contribution in [0.15, 0.2) is 18.2 Å². The topological polar surface area (TPSA) is 59.4 Å². The maximum atomic E-state index is 12.3. The maximum absolute atomic E-state index is 12.3. The Morgan fingerprint density at radius 1 is 1.55 bits per heavy atom. The molecule has 2 rings (SSSR count). The van der Waals surface area contributed by atoms with Gasteiger partial charge in [0.2, 0.25) is 5.91 Å². The lowest BCUT2D eigenvalue weighted by Crippen LogP contribution is -2.58. The van der Waals surface area contributed by atoms with E-state index < -0.39 is 0 Å². The number of rotatable bonds is 2. The average Bonchev–Trinajstić information content (AvgIpc) is 2.46. The van der Waals surface area contributed by atoms with Crippen LogP contribution in [-0.2, 0) is 4.79 Å². The summed E-state index contributed by atoms with van der Waals surface area (Å²) in [6.45, 7) is 2.00. The number of hydrogen-bond donors (Lipinski definition) is 1. The van der Waals surface area contributed by atoms with E-state index in [1.54, 1.807) is 37.2 Å². The highest BCUT2D eigenvalue weighted by Crippen LogP contribution is 2.27. The Balaban J connectivity index is 2.40. The molecule has 0 radical (unpaired) electrons. The van der Waals surface area contributed by atoms with Crippen molar-refractivity contribution in [2.24, 2.45) is 0 Å². The van der Waals surface area contributed by atoms with Crippen LogP contribution in [0.2, 0.25) is 5.02 Å². The number of carbonyl (C=O) groups excluding carboxylic acids is 1. The zero-order valence-corrected chi connectivity index (χ0v) is 12.3. The zero-order valence-electron chi connectivity index (χ0n) is 11.6. The van der Waals surface area contributed by atoms with Gasteiger partial charge in [0.25, 0.3) is 0 Å². The van der Waals surface area contributed by atoms with Crippen LogP contribution in [0, 0.1) is 11.3 Å². The lowest BCUT2D eigenvalue weighted by Gasteiger charge is -2.38.